The SMILES string of the molecule is COc1ccc(Sc2ccc(F)cc2C(C)O)cc1. The lowest BCUT2D eigenvalue weighted by Gasteiger charge is -2.12. The highest BCUT2D eigenvalue weighted by Gasteiger charge is 2.10. The normalized spacial score (nSPS) is 12.2. The van der Waals surface area contributed by atoms with Gasteiger partial charge in [-0.15, -0.1) is 0 Å². The van der Waals surface area contributed by atoms with E-state index in [0.717, 1.165) is 15.5 Å². The number of rotatable bonds is 4. The van der Waals surface area contributed by atoms with Gasteiger partial charge in [0.05, 0.1) is 13.2 Å². The van der Waals surface area contributed by atoms with Crippen LogP contribution in [0.25, 0.3) is 0 Å². The molecule has 0 saturated carbocycles. The molecule has 0 aliphatic heterocycles. The number of ether oxygens (including phenoxy) is 1. The minimum absolute atomic E-state index is 0.338. The zero-order chi connectivity index (χ0) is 13.8. The van der Waals surface area contributed by atoms with Crippen molar-refractivity contribution in [3.63, 3.8) is 0 Å². The van der Waals surface area contributed by atoms with E-state index in [1.807, 2.05) is 24.3 Å². The molecule has 19 heavy (non-hydrogen) atoms. The van der Waals surface area contributed by atoms with Crippen molar-refractivity contribution in [2.24, 2.45) is 0 Å². The quantitative estimate of drug-likeness (QED) is 0.915. The smallest absolute Gasteiger partial charge is 0.123 e. The summed E-state index contributed by atoms with van der Waals surface area (Å²) in [5, 5.41) is 9.69. The molecule has 100 valence electrons. The van der Waals surface area contributed by atoms with Gasteiger partial charge in [0.15, 0.2) is 0 Å². The van der Waals surface area contributed by atoms with Crippen LogP contribution in [0, 0.1) is 5.82 Å². The monoisotopic (exact) mass is 278 g/mol. The van der Waals surface area contributed by atoms with E-state index in [1.165, 1.54) is 23.9 Å². The number of aliphatic hydroxyl groups is 1. The van der Waals surface area contributed by atoms with Gasteiger partial charge in [-0.25, -0.2) is 4.39 Å². The summed E-state index contributed by atoms with van der Waals surface area (Å²) in [7, 11) is 1.62. The van der Waals surface area contributed by atoms with Gasteiger partial charge in [-0.05, 0) is 55.0 Å². The first kappa shape index (κ1) is 13.9. The molecular weight excluding hydrogens is 263 g/mol. The van der Waals surface area contributed by atoms with E-state index in [2.05, 4.69) is 0 Å². The van der Waals surface area contributed by atoms with E-state index in [0.29, 0.717) is 5.56 Å². The van der Waals surface area contributed by atoms with Crippen LogP contribution in [-0.2, 0) is 0 Å². The van der Waals surface area contributed by atoms with Gasteiger partial charge in [0.1, 0.15) is 11.6 Å². The predicted octanol–water partition coefficient (Wildman–Crippen LogP) is 4.04. The van der Waals surface area contributed by atoms with Crippen molar-refractivity contribution in [2.45, 2.75) is 22.8 Å². The second-order valence-electron chi connectivity index (χ2n) is 4.14. The van der Waals surface area contributed by atoms with Crippen molar-refractivity contribution >= 4 is 11.8 Å². The summed E-state index contributed by atoms with van der Waals surface area (Å²) in [5.41, 5.74) is 0.598. The fourth-order valence-corrected chi connectivity index (χ4v) is 2.72. The number of hydrogen-bond donors (Lipinski definition) is 1. The molecule has 4 heteroatoms. The lowest BCUT2D eigenvalue weighted by Crippen LogP contribution is -1.95. The molecule has 0 saturated heterocycles. The van der Waals surface area contributed by atoms with Crippen LogP contribution in [0.3, 0.4) is 0 Å². The van der Waals surface area contributed by atoms with Crippen molar-refractivity contribution in [2.75, 3.05) is 7.11 Å². The van der Waals surface area contributed by atoms with Crippen LogP contribution in [-0.4, -0.2) is 12.2 Å². The molecule has 0 amide bonds. The van der Waals surface area contributed by atoms with Crippen LogP contribution in [0.4, 0.5) is 4.39 Å². The highest BCUT2D eigenvalue weighted by atomic mass is 32.2. The Bertz CT molecular complexity index is 553. The lowest BCUT2D eigenvalue weighted by molar-refractivity contribution is 0.196. The molecule has 2 rings (SSSR count). The Morgan fingerprint density at radius 3 is 2.42 bits per heavy atom. The zero-order valence-corrected chi connectivity index (χ0v) is 11.6. The largest absolute Gasteiger partial charge is 0.497 e. The van der Waals surface area contributed by atoms with E-state index in [4.69, 9.17) is 4.74 Å². The molecule has 0 aliphatic rings. The van der Waals surface area contributed by atoms with Gasteiger partial charge in [0, 0.05) is 9.79 Å². The highest BCUT2D eigenvalue weighted by Crippen LogP contribution is 2.34. The maximum Gasteiger partial charge on any atom is 0.123 e. The van der Waals surface area contributed by atoms with Crippen LogP contribution >= 0.6 is 11.8 Å². The Hall–Kier alpha value is -1.52. The fraction of sp³-hybridized carbons (Fsp3) is 0.200. The summed E-state index contributed by atoms with van der Waals surface area (Å²) in [6.07, 6.45) is -0.698. The van der Waals surface area contributed by atoms with E-state index in [9.17, 15) is 9.50 Å². The molecule has 0 bridgehead atoms. The minimum atomic E-state index is -0.698. The van der Waals surface area contributed by atoms with Gasteiger partial charge < -0.3 is 9.84 Å². The van der Waals surface area contributed by atoms with E-state index in [-0.39, 0.29) is 5.82 Å². The van der Waals surface area contributed by atoms with Gasteiger partial charge in [-0.1, -0.05) is 11.8 Å². The average molecular weight is 278 g/mol. The van der Waals surface area contributed by atoms with Gasteiger partial charge in [0.2, 0.25) is 0 Å². The fourth-order valence-electron chi connectivity index (χ4n) is 1.71. The van der Waals surface area contributed by atoms with Crippen LogP contribution in [0.2, 0.25) is 0 Å². The molecule has 0 aromatic heterocycles. The first-order valence-electron chi connectivity index (χ1n) is 5.89. The van der Waals surface area contributed by atoms with Crippen molar-refractivity contribution in [1.82, 2.24) is 0 Å². The van der Waals surface area contributed by atoms with Gasteiger partial charge in [-0.3, -0.25) is 0 Å². The Balaban J connectivity index is 2.26. The van der Waals surface area contributed by atoms with Gasteiger partial charge in [0.25, 0.3) is 0 Å². The van der Waals surface area contributed by atoms with Crippen molar-refractivity contribution in [3.8, 4) is 5.75 Å². The molecule has 1 atom stereocenters. The van der Waals surface area contributed by atoms with Crippen molar-refractivity contribution in [3.05, 3.63) is 53.8 Å². The average Bonchev–Trinajstić information content (AvgIpc) is 2.41. The Kier molecular flexibility index (Phi) is 4.45. The maximum absolute atomic E-state index is 13.2. The standard InChI is InChI=1S/C15H15FO2S/c1-10(17)14-9-11(16)3-8-15(14)19-13-6-4-12(18-2)5-7-13/h3-10,17H,1-2H3. The summed E-state index contributed by atoms with van der Waals surface area (Å²) < 4.78 is 18.3. The van der Waals surface area contributed by atoms with E-state index < -0.39 is 6.10 Å². The second-order valence-corrected chi connectivity index (χ2v) is 5.25. The number of methoxy groups -OCH3 is 1. The number of benzene rings is 2. The van der Waals surface area contributed by atoms with Gasteiger partial charge in [-0.2, -0.15) is 0 Å². The first-order valence-corrected chi connectivity index (χ1v) is 6.71. The Labute approximate surface area is 116 Å². The molecule has 1 N–H and O–H groups in total. The van der Waals surface area contributed by atoms with Crippen LogP contribution in [0.5, 0.6) is 5.75 Å². The second kappa shape index (κ2) is 6.08. The molecule has 2 nitrogen and oxygen atoms in total. The number of aliphatic hydroxyl groups excluding tert-OH is 1. The maximum atomic E-state index is 13.2. The zero-order valence-electron chi connectivity index (χ0n) is 10.8. The van der Waals surface area contributed by atoms with E-state index in [1.54, 1.807) is 20.1 Å². The summed E-state index contributed by atoms with van der Waals surface area (Å²) in [4.78, 5) is 1.86. The number of halogens is 1. The third-order valence-electron chi connectivity index (χ3n) is 2.71. The Morgan fingerprint density at radius 1 is 1.16 bits per heavy atom. The molecule has 0 heterocycles. The van der Waals surface area contributed by atoms with Crippen LogP contribution in [0.15, 0.2) is 52.3 Å². The molecule has 0 radical (unpaired) electrons. The summed E-state index contributed by atoms with van der Waals surface area (Å²) >= 11 is 1.49. The summed E-state index contributed by atoms with van der Waals surface area (Å²) in [6, 6.07) is 12.1. The Morgan fingerprint density at radius 2 is 1.84 bits per heavy atom. The topological polar surface area (TPSA) is 29.5 Å². The van der Waals surface area contributed by atoms with Crippen LogP contribution < -0.4 is 4.74 Å². The number of hydrogen-bond acceptors (Lipinski definition) is 3. The molecule has 1 unspecified atom stereocenters. The summed E-state index contributed by atoms with van der Waals surface area (Å²) in [6.45, 7) is 1.63. The van der Waals surface area contributed by atoms with Crippen molar-refractivity contribution in [1.29, 1.82) is 0 Å². The summed E-state index contributed by atoms with van der Waals surface area (Å²) in [5.74, 6) is 0.453. The van der Waals surface area contributed by atoms with Crippen LogP contribution in [0.1, 0.15) is 18.6 Å². The van der Waals surface area contributed by atoms with Crippen molar-refractivity contribution < 1.29 is 14.2 Å². The molecule has 2 aromatic carbocycles. The third kappa shape index (κ3) is 3.49. The predicted molar refractivity (Wildman–Crippen MR) is 74.2 cm³/mol. The first-order chi connectivity index (χ1) is 9.10. The third-order valence-corrected chi connectivity index (χ3v) is 3.81. The molecule has 0 aliphatic carbocycles. The molecular formula is C15H15FO2S. The molecule has 0 fully saturated rings. The molecule has 0 spiro atoms. The van der Waals surface area contributed by atoms with E-state index >= 15 is 0 Å². The lowest BCUT2D eigenvalue weighted by atomic mass is 10.1. The highest BCUT2D eigenvalue weighted by molar-refractivity contribution is 7.99. The minimum Gasteiger partial charge on any atom is -0.497 e. The molecule has 2 aromatic rings. The van der Waals surface area contributed by atoms with Gasteiger partial charge >= 0.3 is 0 Å².